The second kappa shape index (κ2) is 7.88. The number of esters is 1. The number of nitro groups is 1. The SMILES string of the molecule is CCOC(=O)c1ccc(NC(=O)c2c(C(=O)O)cccc2[N+](=O)[O-])cc1. The zero-order valence-corrected chi connectivity index (χ0v) is 13.6. The van der Waals surface area contributed by atoms with E-state index in [1.54, 1.807) is 6.92 Å². The average molecular weight is 358 g/mol. The van der Waals surface area contributed by atoms with Gasteiger partial charge in [0.25, 0.3) is 11.6 Å². The highest BCUT2D eigenvalue weighted by molar-refractivity contribution is 6.13. The van der Waals surface area contributed by atoms with Crippen LogP contribution in [-0.2, 0) is 4.74 Å². The van der Waals surface area contributed by atoms with Gasteiger partial charge in [0.1, 0.15) is 5.56 Å². The smallest absolute Gasteiger partial charge is 0.338 e. The molecule has 0 bridgehead atoms. The molecule has 0 aliphatic heterocycles. The molecular formula is C17H14N2O7. The number of nitro benzene ring substituents is 1. The van der Waals surface area contributed by atoms with Crippen LogP contribution in [0.5, 0.6) is 0 Å². The fraction of sp³-hybridized carbons (Fsp3) is 0.118. The zero-order chi connectivity index (χ0) is 19.3. The fourth-order valence-electron chi connectivity index (χ4n) is 2.21. The Labute approximate surface area is 147 Å². The number of hydrogen-bond acceptors (Lipinski definition) is 6. The summed E-state index contributed by atoms with van der Waals surface area (Å²) in [4.78, 5) is 45.6. The molecule has 1 amide bonds. The summed E-state index contributed by atoms with van der Waals surface area (Å²) in [6.07, 6.45) is 0. The summed E-state index contributed by atoms with van der Waals surface area (Å²) >= 11 is 0. The van der Waals surface area contributed by atoms with Crippen molar-refractivity contribution in [2.45, 2.75) is 6.92 Å². The number of carbonyl (C=O) groups excluding carboxylic acids is 2. The number of nitrogens with one attached hydrogen (secondary N) is 1. The Hall–Kier alpha value is -3.75. The molecule has 0 heterocycles. The minimum atomic E-state index is -1.46. The first-order chi connectivity index (χ1) is 12.3. The van der Waals surface area contributed by atoms with Crippen molar-refractivity contribution in [3.63, 3.8) is 0 Å². The topological polar surface area (TPSA) is 136 Å². The molecule has 0 radical (unpaired) electrons. The Morgan fingerprint density at radius 3 is 2.35 bits per heavy atom. The van der Waals surface area contributed by atoms with Crippen molar-refractivity contribution in [1.29, 1.82) is 0 Å². The van der Waals surface area contributed by atoms with Gasteiger partial charge in [0.15, 0.2) is 0 Å². The molecule has 2 N–H and O–H groups in total. The van der Waals surface area contributed by atoms with Crippen molar-refractivity contribution >= 4 is 29.2 Å². The van der Waals surface area contributed by atoms with Crippen molar-refractivity contribution in [1.82, 2.24) is 0 Å². The van der Waals surface area contributed by atoms with Crippen molar-refractivity contribution in [3.05, 3.63) is 69.3 Å². The summed E-state index contributed by atoms with van der Waals surface area (Å²) in [5.74, 6) is -2.94. The number of anilines is 1. The molecule has 0 aliphatic rings. The van der Waals surface area contributed by atoms with Crippen LogP contribution in [0.15, 0.2) is 42.5 Å². The van der Waals surface area contributed by atoms with E-state index in [0.29, 0.717) is 0 Å². The van der Waals surface area contributed by atoms with Crippen LogP contribution in [0.2, 0.25) is 0 Å². The lowest BCUT2D eigenvalue weighted by atomic mass is 10.0. The molecule has 0 fully saturated rings. The first kappa shape index (κ1) is 18.6. The average Bonchev–Trinajstić information content (AvgIpc) is 2.61. The summed E-state index contributed by atoms with van der Waals surface area (Å²) in [6, 6.07) is 8.96. The molecule has 2 rings (SSSR count). The van der Waals surface area contributed by atoms with E-state index in [2.05, 4.69) is 5.32 Å². The van der Waals surface area contributed by atoms with Crippen molar-refractivity contribution in [2.75, 3.05) is 11.9 Å². The largest absolute Gasteiger partial charge is 0.478 e. The number of rotatable bonds is 6. The number of ether oxygens (including phenoxy) is 1. The van der Waals surface area contributed by atoms with Gasteiger partial charge >= 0.3 is 11.9 Å². The van der Waals surface area contributed by atoms with E-state index in [4.69, 9.17) is 4.74 Å². The highest BCUT2D eigenvalue weighted by Gasteiger charge is 2.27. The highest BCUT2D eigenvalue weighted by Crippen LogP contribution is 2.24. The number of carboxylic acids is 1. The van der Waals surface area contributed by atoms with Crippen LogP contribution < -0.4 is 5.32 Å². The Morgan fingerprint density at radius 2 is 1.81 bits per heavy atom. The standard InChI is InChI=1S/C17H14N2O7/c1-2-26-17(23)10-6-8-11(9-7-10)18-15(20)14-12(16(21)22)4-3-5-13(14)19(24)25/h3-9H,2H2,1H3,(H,18,20)(H,21,22). The summed E-state index contributed by atoms with van der Waals surface area (Å²) in [7, 11) is 0. The third kappa shape index (κ3) is 4.01. The Bertz CT molecular complexity index is 843. The van der Waals surface area contributed by atoms with Gasteiger partial charge < -0.3 is 15.2 Å². The quantitative estimate of drug-likeness (QED) is 0.460. The van der Waals surface area contributed by atoms with Crippen molar-refractivity contribution in [3.8, 4) is 0 Å². The van der Waals surface area contributed by atoms with Crippen LogP contribution in [0.1, 0.15) is 38.0 Å². The van der Waals surface area contributed by atoms with Gasteiger partial charge in [0.2, 0.25) is 0 Å². The fourth-order valence-corrected chi connectivity index (χ4v) is 2.21. The maximum absolute atomic E-state index is 12.4. The number of carboxylic acid groups (broad SMARTS) is 1. The van der Waals surface area contributed by atoms with E-state index in [0.717, 1.165) is 12.1 Å². The molecule has 0 saturated carbocycles. The number of amides is 1. The molecule has 0 aromatic heterocycles. The normalized spacial score (nSPS) is 10.0. The molecule has 0 aliphatic carbocycles. The van der Waals surface area contributed by atoms with E-state index >= 15 is 0 Å². The monoisotopic (exact) mass is 358 g/mol. The third-order valence-electron chi connectivity index (χ3n) is 3.35. The molecule has 0 saturated heterocycles. The van der Waals surface area contributed by atoms with Crippen LogP contribution >= 0.6 is 0 Å². The number of nitrogens with zero attached hydrogens (tertiary/aromatic N) is 1. The molecule has 9 heteroatoms. The van der Waals surface area contributed by atoms with E-state index in [1.165, 1.54) is 30.3 Å². The van der Waals surface area contributed by atoms with Gasteiger partial charge in [-0.2, -0.15) is 0 Å². The molecule has 2 aromatic rings. The summed E-state index contributed by atoms with van der Waals surface area (Å²) in [6.45, 7) is 1.88. The van der Waals surface area contributed by atoms with E-state index in [9.17, 15) is 29.6 Å². The Morgan fingerprint density at radius 1 is 1.15 bits per heavy atom. The molecule has 134 valence electrons. The predicted molar refractivity (Wildman–Crippen MR) is 90.4 cm³/mol. The third-order valence-corrected chi connectivity index (χ3v) is 3.35. The van der Waals surface area contributed by atoms with Crippen LogP contribution in [0.25, 0.3) is 0 Å². The first-order valence-corrected chi connectivity index (χ1v) is 7.44. The minimum Gasteiger partial charge on any atom is -0.478 e. The number of aromatic carboxylic acids is 1. The van der Waals surface area contributed by atoms with Crippen LogP contribution in [-0.4, -0.2) is 34.5 Å². The maximum Gasteiger partial charge on any atom is 0.338 e. The van der Waals surface area contributed by atoms with E-state index in [-0.39, 0.29) is 17.9 Å². The first-order valence-electron chi connectivity index (χ1n) is 7.44. The number of benzene rings is 2. The molecule has 0 atom stereocenters. The van der Waals surface area contributed by atoms with Gasteiger partial charge in [0, 0.05) is 11.8 Å². The van der Waals surface area contributed by atoms with Crippen LogP contribution in [0.3, 0.4) is 0 Å². The van der Waals surface area contributed by atoms with Gasteiger partial charge in [0.05, 0.1) is 22.7 Å². The van der Waals surface area contributed by atoms with Gasteiger partial charge in [-0.1, -0.05) is 6.07 Å². The minimum absolute atomic E-state index is 0.215. The lowest BCUT2D eigenvalue weighted by Crippen LogP contribution is -2.18. The molecule has 26 heavy (non-hydrogen) atoms. The van der Waals surface area contributed by atoms with Gasteiger partial charge in [-0.15, -0.1) is 0 Å². The van der Waals surface area contributed by atoms with Crippen LogP contribution in [0, 0.1) is 10.1 Å². The molecule has 9 nitrogen and oxygen atoms in total. The summed E-state index contributed by atoms with van der Waals surface area (Å²) < 4.78 is 4.84. The lowest BCUT2D eigenvalue weighted by Gasteiger charge is -2.09. The van der Waals surface area contributed by atoms with Crippen molar-refractivity contribution < 1.29 is 29.2 Å². The predicted octanol–water partition coefficient (Wildman–Crippen LogP) is 2.72. The highest BCUT2D eigenvalue weighted by atomic mass is 16.6. The van der Waals surface area contributed by atoms with Crippen LogP contribution in [0.4, 0.5) is 11.4 Å². The lowest BCUT2D eigenvalue weighted by molar-refractivity contribution is -0.385. The summed E-state index contributed by atoms with van der Waals surface area (Å²) in [5, 5.41) is 22.7. The molecule has 0 spiro atoms. The Balaban J connectivity index is 2.32. The second-order valence-corrected chi connectivity index (χ2v) is 5.01. The van der Waals surface area contributed by atoms with Crippen molar-refractivity contribution in [2.24, 2.45) is 0 Å². The second-order valence-electron chi connectivity index (χ2n) is 5.01. The zero-order valence-electron chi connectivity index (χ0n) is 13.6. The molecular weight excluding hydrogens is 344 g/mol. The molecule has 0 unspecified atom stereocenters. The van der Waals surface area contributed by atoms with E-state index < -0.39 is 39.6 Å². The number of carbonyl (C=O) groups is 3. The Kier molecular flexibility index (Phi) is 5.63. The maximum atomic E-state index is 12.4. The molecule has 2 aromatic carbocycles. The van der Waals surface area contributed by atoms with Gasteiger partial charge in [-0.25, -0.2) is 9.59 Å². The van der Waals surface area contributed by atoms with E-state index in [1.807, 2.05) is 0 Å². The van der Waals surface area contributed by atoms with Gasteiger partial charge in [-0.05, 0) is 37.3 Å². The number of hydrogen-bond donors (Lipinski definition) is 2. The van der Waals surface area contributed by atoms with Gasteiger partial charge in [-0.3, -0.25) is 14.9 Å². The summed E-state index contributed by atoms with van der Waals surface area (Å²) in [5.41, 5.74) is -1.16.